The van der Waals surface area contributed by atoms with Crippen LogP contribution in [0.5, 0.6) is 0 Å². The third-order valence-electron chi connectivity index (χ3n) is 2.69. The number of nitrogens with one attached hydrogen (secondary N) is 1. The first kappa shape index (κ1) is 13.7. The number of benzene rings is 1. The molecule has 0 aliphatic carbocycles. The molecule has 1 N–H and O–H groups in total. The van der Waals surface area contributed by atoms with Crippen LogP contribution in [-0.2, 0) is 6.42 Å². The summed E-state index contributed by atoms with van der Waals surface area (Å²) in [6.45, 7) is 3.37. The fourth-order valence-electron chi connectivity index (χ4n) is 1.65. The Morgan fingerprint density at radius 2 is 2.00 bits per heavy atom. The SMILES string of the molecule is CNCCCN(C)CCc1ccccc1Br. The van der Waals surface area contributed by atoms with Gasteiger partial charge in [0.25, 0.3) is 0 Å². The molecule has 2 nitrogen and oxygen atoms in total. The van der Waals surface area contributed by atoms with Gasteiger partial charge in [0.1, 0.15) is 0 Å². The summed E-state index contributed by atoms with van der Waals surface area (Å²) in [5, 5.41) is 3.17. The van der Waals surface area contributed by atoms with E-state index in [4.69, 9.17) is 0 Å². The second kappa shape index (κ2) is 7.82. The molecule has 0 radical (unpaired) electrons. The van der Waals surface area contributed by atoms with Crippen LogP contribution in [0.4, 0.5) is 0 Å². The highest BCUT2D eigenvalue weighted by molar-refractivity contribution is 9.10. The van der Waals surface area contributed by atoms with Gasteiger partial charge in [-0.05, 0) is 51.7 Å². The predicted octanol–water partition coefficient (Wildman–Crippen LogP) is 2.53. The highest BCUT2D eigenvalue weighted by Crippen LogP contribution is 2.16. The van der Waals surface area contributed by atoms with Crippen LogP contribution < -0.4 is 5.32 Å². The van der Waals surface area contributed by atoms with Crippen LogP contribution in [0.15, 0.2) is 28.7 Å². The van der Waals surface area contributed by atoms with Crippen LogP contribution in [0.25, 0.3) is 0 Å². The van der Waals surface area contributed by atoms with Crippen molar-refractivity contribution >= 4 is 15.9 Å². The minimum Gasteiger partial charge on any atom is -0.320 e. The van der Waals surface area contributed by atoms with Crippen LogP contribution in [0.1, 0.15) is 12.0 Å². The van der Waals surface area contributed by atoms with Crippen molar-refractivity contribution in [2.75, 3.05) is 33.7 Å². The van der Waals surface area contributed by atoms with Crippen LogP contribution in [0, 0.1) is 0 Å². The van der Waals surface area contributed by atoms with E-state index in [1.165, 1.54) is 16.5 Å². The summed E-state index contributed by atoms with van der Waals surface area (Å²) in [5.41, 5.74) is 1.39. The standard InChI is InChI=1S/C13H21BrN2/c1-15-9-5-10-16(2)11-8-12-6-3-4-7-13(12)14/h3-4,6-7,15H,5,8-11H2,1-2H3. The van der Waals surface area contributed by atoms with Gasteiger partial charge in [-0.25, -0.2) is 0 Å². The lowest BCUT2D eigenvalue weighted by molar-refractivity contribution is 0.332. The average molecular weight is 285 g/mol. The number of rotatable bonds is 7. The quantitative estimate of drug-likeness (QED) is 0.774. The summed E-state index contributed by atoms with van der Waals surface area (Å²) in [6.07, 6.45) is 2.32. The maximum atomic E-state index is 3.58. The van der Waals surface area contributed by atoms with Gasteiger partial charge >= 0.3 is 0 Å². The molecule has 0 saturated carbocycles. The molecular formula is C13H21BrN2. The number of hydrogen-bond acceptors (Lipinski definition) is 2. The van der Waals surface area contributed by atoms with Crippen molar-refractivity contribution in [2.45, 2.75) is 12.8 Å². The zero-order valence-corrected chi connectivity index (χ0v) is 11.8. The Hall–Kier alpha value is -0.380. The molecule has 16 heavy (non-hydrogen) atoms. The van der Waals surface area contributed by atoms with Crippen LogP contribution in [0.3, 0.4) is 0 Å². The van der Waals surface area contributed by atoms with Crippen LogP contribution in [0.2, 0.25) is 0 Å². The average Bonchev–Trinajstić information content (AvgIpc) is 2.28. The first-order chi connectivity index (χ1) is 7.74. The smallest absolute Gasteiger partial charge is 0.0207 e. The summed E-state index contributed by atoms with van der Waals surface area (Å²) in [5.74, 6) is 0. The van der Waals surface area contributed by atoms with Gasteiger partial charge in [0.05, 0.1) is 0 Å². The molecule has 1 aromatic rings. The summed E-state index contributed by atoms with van der Waals surface area (Å²) < 4.78 is 1.22. The molecule has 3 heteroatoms. The van der Waals surface area contributed by atoms with Crippen molar-refractivity contribution < 1.29 is 0 Å². The van der Waals surface area contributed by atoms with Crippen LogP contribution >= 0.6 is 15.9 Å². The van der Waals surface area contributed by atoms with Crippen molar-refractivity contribution in [3.8, 4) is 0 Å². The molecule has 0 unspecified atom stereocenters. The Labute approximate surface area is 107 Å². The first-order valence-electron chi connectivity index (χ1n) is 5.80. The molecule has 0 atom stereocenters. The van der Waals surface area contributed by atoms with Crippen molar-refractivity contribution in [3.63, 3.8) is 0 Å². The molecule has 0 aromatic heterocycles. The molecular weight excluding hydrogens is 264 g/mol. The Balaban J connectivity index is 2.26. The minimum atomic E-state index is 1.10. The van der Waals surface area contributed by atoms with Gasteiger partial charge in [-0.2, -0.15) is 0 Å². The Morgan fingerprint density at radius 3 is 2.69 bits per heavy atom. The molecule has 0 spiro atoms. The Bertz CT molecular complexity index is 302. The molecule has 1 aromatic carbocycles. The van der Waals surface area contributed by atoms with E-state index >= 15 is 0 Å². The van der Waals surface area contributed by atoms with Gasteiger partial charge < -0.3 is 10.2 Å². The van der Waals surface area contributed by atoms with E-state index in [2.05, 4.69) is 57.5 Å². The number of nitrogens with zero attached hydrogens (tertiary/aromatic N) is 1. The molecule has 0 amide bonds. The maximum absolute atomic E-state index is 3.58. The fourth-order valence-corrected chi connectivity index (χ4v) is 2.13. The number of likely N-dealkylation sites (N-methyl/N-ethyl adjacent to an activating group) is 1. The highest BCUT2D eigenvalue weighted by atomic mass is 79.9. The monoisotopic (exact) mass is 284 g/mol. The number of hydrogen-bond donors (Lipinski definition) is 1. The third kappa shape index (κ3) is 5.10. The lowest BCUT2D eigenvalue weighted by Crippen LogP contribution is -2.25. The lowest BCUT2D eigenvalue weighted by atomic mass is 10.1. The maximum Gasteiger partial charge on any atom is 0.0207 e. The minimum absolute atomic E-state index is 1.10. The van der Waals surface area contributed by atoms with E-state index < -0.39 is 0 Å². The van der Waals surface area contributed by atoms with Gasteiger partial charge in [0.2, 0.25) is 0 Å². The zero-order chi connectivity index (χ0) is 11.8. The first-order valence-corrected chi connectivity index (χ1v) is 6.60. The Morgan fingerprint density at radius 1 is 1.25 bits per heavy atom. The summed E-state index contributed by atoms with van der Waals surface area (Å²) in [7, 11) is 4.19. The molecule has 0 heterocycles. The fraction of sp³-hybridized carbons (Fsp3) is 0.538. The largest absolute Gasteiger partial charge is 0.320 e. The molecule has 1 rings (SSSR count). The van der Waals surface area contributed by atoms with E-state index in [-0.39, 0.29) is 0 Å². The summed E-state index contributed by atoms with van der Waals surface area (Å²) in [6, 6.07) is 8.45. The third-order valence-corrected chi connectivity index (χ3v) is 3.46. The van der Waals surface area contributed by atoms with Gasteiger partial charge in [0.15, 0.2) is 0 Å². The normalized spacial score (nSPS) is 11.0. The van der Waals surface area contributed by atoms with Crippen molar-refractivity contribution in [2.24, 2.45) is 0 Å². The second-order valence-corrected chi connectivity index (χ2v) is 4.96. The molecule has 0 bridgehead atoms. The van der Waals surface area contributed by atoms with E-state index in [0.29, 0.717) is 0 Å². The Kier molecular flexibility index (Phi) is 6.69. The van der Waals surface area contributed by atoms with Crippen molar-refractivity contribution in [3.05, 3.63) is 34.3 Å². The van der Waals surface area contributed by atoms with E-state index in [9.17, 15) is 0 Å². The lowest BCUT2D eigenvalue weighted by Gasteiger charge is -2.16. The second-order valence-electron chi connectivity index (χ2n) is 4.10. The van der Waals surface area contributed by atoms with E-state index in [0.717, 1.165) is 26.1 Å². The molecule has 0 aliphatic rings. The van der Waals surface area contributed by atoms with Gasteiger partial charge in [-0.3, -0.25) is 0 Å². The van der Waals surface area contributed by atoms with E-state index in [1.807, 2.05) is 7.05 Å². The van der Waals surface area contributed by atoms with E-state index in [1.54, 1.807) is 0 Å². The number of halogens is 1. The van der Waals surface area contributed by atoms with Crippen LogP contribution in [-0.4, -0.2) is 38.6 Å². The van der Waals surface area contributed by atoms with Gasteiger partial charge in [-0.1, -0.05) is 34.1 Å². The highest BCUT2D eigenvalue weighted by Gasteiger charge is 2.01. The van der Waals surface area contributed by atoms with Gasteiger partial charge in [0, 0.05) is 11.0 Å². The molecule has 0 fully saturated rings. The zero-order valence-electron chi connectivity index (χ0n) is 10.2. The summed E-state index contributed by atoms with van der Waals surface area (Å²) in [4.78, 5) is 2.39. The predicted molar refractivity (Wildman–Crippen MR) is 73.9 cm³/mol. The molecule has 90 valence electrons. The van der Waals surface area contributed by atoms with Gasteiger partial charge in [-0.15, -0.1) is 0 Å². The summed E-state index contributed by atoms with van der Waals surface area (Å²) >= 11 is 3.58. The van der Waals surface area contributed by atoms with Crippen molar-refractivity contribution in [1.82, 2.24) is 10.2 Å². The molecule has 0 aliphatic heterocycles. The van der Waals surface area contributed by atoms with Crippen molar-refractivity contribution in [1.29, 1.82) is 0 Å². The molecule has 0 saturated heterocycles. The topological polar surface area (TPSA) is 15.3 Å².